The van der Waals surface area contributed by atoms with E-state index < -0.39 is 0 Å². The molecule has 0 amide bonds. The molecule has 0 aliphatic heterocycles. The fourth-order valence-electron chi connectivity index (χ4n) is 1.42. The molecule has 1 atom stereocenters. The minimum Gasteiger partial charge on any atom is -0.316 e. The molecule has 1 aromatic rings. The summed E-state index contributed by atoms with van der Waals surface area (Å²) in [6, 6.07) is 6.51. The summed E-state index contributed by atoms with van der Waals surface area (Å²) in [7, 11) is 0. The number of nitrogens with one attached hydrogen (secondary N) is 1. The Morgan fingerprint density at radius 3 is 2.53 bits per heavy atom. The standard InChI is InChI=1S/C12H17F2N/c1-10(9-15-8-2-7-13)11-3-5-12(14)6-4-11/h3-6,10,15H,2,7-9H2,1H3. The van der Waals surface area contributed by atoms with Gasteiger partial charge >= 0.3 is 0 Å². The summed E-state index contributed by atoms with van der Waals surface area (Å²) >= 11 is 0. The molecule has 0 aliphatic carbocycles. The van der Waals surface area contributed by atoms with Crippen LogP contribution in [-0.2, 0) is 0 Å². The second kappa shape index (κ2) is 6.51. The van der Waals surface area contributed by atoms with Crippen molar-refractivity contribution in [3.8, 4) is 0 Å². The van der Waals surface area contributed by atoms with Crippen LogP contribution in [0.4, 0.5) is 8.78 Å². The Hall–Kier alpha value is -0.960. The van der Waals surface area contributed by atoms with Crippen molar-refractivity contribution < 1.29 is 8.78 Å². The zero-order valence-electron chi connectivity index (χ0n) is 8.97. The summed E-state index contributed by atoms with van der Waals surface area (Å²) in [5.41, 5.74) is 1.10. The van der Waals surface area contributed by atoms with Crippen molar-refractivity contribution in [1.29, 1.82) is 0 Å². The first-order chi connectivity index (χ1) is 7.24. The lowest BCUT2D eigenvalue weighted by Gasteiger charge is -2.12. The highest BCUT2D eigenvalue weighted by Gasteiger charge is 2.04. The first-order valence-electron chi connectivity index (χ1n) is 5.26. The molecule has 0 spiro atoms. The molecule has 0 radical (unpaired) electrons. The third-order valence-electron chi connectivity index (χ3n) is 2.38. The van der Waals surface area contributed by atoms with E-state index in [9.17, 15) is 8.78 Å². The van der Waals surface area contributed by atoms with Crippen molar-refractivity contribution in [2.45, 2.75) is 19.3 Å². The van der Waals surface area contributed by atoms with Crippen LogP contribution < -0.4 is 5.32 Å². The number of alkyl halides is 1. The fourth-order valence-corrected chi connectivity index (χ4v) is 1.42. The van der Waals surface area contributed by atoms with Gasteiger partial charge < -0.3 is 5.32 Å². The van der Waals surface area contributed by atoms with Gasteiger partial charge in [-0.25, -0.2) is 4.39 Å². The van der Waals surface area contributed by atoms with Gasteiger partial charge in [0.25, 0.3) is 0 Å². The quantitative estimate of drug-likeness (QED) is 0.716. The average Bonchev–Trinajstić information content (AvgIpc) is 2.25. The SMILES string of the molecule is CC(CNCCCF)c1ccc(F)cc1. The van der Waals surface area contributed by atoms with Crippen LogP contribution >= 0.6 is 0 Å². The van der Waals surface area contributed by atoms with Crippen LogP contribution in [0.15, 0.2) is 24.3 Å². The van der Waals surface area contributed by atoms with E-state index in [1.54, 1.807) is 12.1 Å². The number of hydrogen-bond donors (Lipinski definition) is 1. The van der Waals surface area contributed by atoms with Gasteiger partial charge in [0, 0.05) is 6.54 Å². The third kappa shape index (κ3) is 4.38. The second-order valence-corrected chi connectivity index (χ2v) is 3.70. The summed E-state index contributed by atoms with van der Waals surface area (Å²) in [6.45, 7) is 3.28. The highest BCUT2D eigenvalue weighted by molar-refractivity contribution is 5.20. The lowest BCUT2D eigenvalue weighted by Crippen LogP contribution is -2.21. The summed E-state index contributed by atoms with van der Waals surface area (Å²) in [4.78, 5) is 0. The smallest absolute Gasteiger partial charge is 0.123 e. The van der Waals surface area contributed by atoms with E-state index in [-0.39, 0.29) is 12.5 Å². The van der Waals surface area contributed by atoms with Crippen molar-refractivity contribution in [3.63, 3.8) is 0 Å². The molecule has 0 saturated carbocycles. The molecule has 1 aromatic carbocycles. The Labute approximate surface area is 89.5 Å². The van der Waals surface area contributed by atoms with Crippen molar-refractivity contribution in [2.75, 3.05) is 19.8 Å². The normalized spacial score (nSPS) is 12.7. The molecular weight excluding hydrogens is 196 g/mol. The molecule has 0 aliphatic rings. The van der Waals surface area contributed by atoms with Gasteiger partial charge in [0.1, 0.15) is 5.82 Å². The Balaban J connectivity index is 2.33. The molecule has 0 heterocycles. The molecule has 0 saturated heterocycles. The van der Waals surface area contributed by atoms with Crippen LogP contribution in [0.5, 0.6) is 0 Å². The monoisotopic (exact) mass is 213 g/mol. The Morgan fingerprint density at radius 2 is 1.93 bits per heavy atom. The van der Waals surface area contributed by atoms with Crippen LogP contribution in [0.1, 0.15) is 24.8 Å². The summed E-state index contributed by atoms with van der Waals surface area (Å²) in [6.07, 6.45) is 0.552. The number of benzene rings is 1. The summed E-state index contributed by atoms with van der Waals surface area (Å²) in [5.74, 6) is 0.113. The Kier molecular flexibility index (Phi) is 5.26. The van der Waals surface area contributed by atoms with Gasteiger partial charge in [0.2, 0.25) is 0 Å². The Bertz CT molecular complexity index is 271. The molecule has 0 fully saturated rings. The van der Waals surface area contributed by atoms with Gasteiger partial charge in [-0.2, -0.15) is 0 Å². The zero-order valence-corrected chi connectivity index (χ0v) is 8.97. The van der Waals surface area contributed by atoms with Crippen molar-refractivity contribution in [2.24, 2.45) is 0 Å². The van der Waals surface area contributed by atoms with Gasteiger partial charge in [-0.05, 0) is 36.6 Å². The molecular formula is C12H17F2N. The fraction of sp³-hybridized carbons (Fsp3) is 0.500. The van der Waals surface area contributed by atoms with Crippen LogP contribution in [0.2, 0.25) is 0 Å². The van der Waals surface area contributed by atoms with E-state index in [0.29, 0.717) is 18.9 Å². The molecule has 1 N–H and O–H groups in total. The zero-order chi connectivity index (χ0) is 11.1. The molecule has 15 heavy (non-hydrogen) atoms. The van der Waals surface area contributed by atoms with Crippen molar-refractivity contribution in [3.05, 3.63) is 35.6 Å². The molecule has 1 nitrogen and oxygen atoms in total. The maximum Gasteiger partial charge on any atom is 0.123 e. The predicted octanol–water partition coefficient (Wildman–Crippen LogP) is 2.88. The number of rotatable bonds is 6. The topological polar surface area (TPSA) is 12.0 Å². The summed E-state index contributed by atoms with van der Waals surface area (Å²) < 4.78 is 24.4. The first kappa shape index (κ1) is 12.1. The minimum atomic E-state index is -0.280. The largest absolute Gasteiger partial charge is 0.316 e. The second-order valence-electron chi connectivity index (χ2n) is 3.70. The number of halogens is 2. The van der Waals surface area contributed by atoms with Crippen LogP contribution in [-0.4, -0.2) is 19.8 Å². The molecule has 0 bridgehead atoms. The minimum absolute atomic E-state index is 0.212. The van der Waals surface area contributed by atoms with Gasteiger partial charge in [-0.1, -0.05) is 19.1 Å². The van der Waals surface area contributed by atoms with Crippen LogP contribution in [0.25, 0.3) is 0 Å². The lowest BCUT2D eigenvalue weighted by atomic mass is 10.0. The predicted molar refractivity (Wildman–Crippen MR) is 58.3 cm³/mol. The van der Waals surface area contributed by atoms with E-state index in [4.69, 9.17) is 0 Å². The third-order valence-corrected chi connectivity index (χ3v) is 2.38. The van der Waals surface area contributed by atoms with Gasteiger partial charge in [0.15, 0.2) is 0 Å². The van der Waals surface area contributed by atoms with Gasteiger partial charge in [-0.15, -0.1) is 0 Å². The molecule has 0 aromatic heterocycles. The van der Waals surface area contributed by atoms with Crippen molar-refractivity contribution >= 4 is 0 Å². The lowest BCUT2D eigenvalue weighted by molar-refractivity contribution is 0.456. The highest BCUT2D eigenvalue weighted by atomic mass is 19.1. The van der Waals surface area contributed by atoms with Crippen LogP contribution in [0.3, 0.4) is 0 Å². The Morgan fingerprint density at radius 1 is 1.27 bits per heavy atom. The van der Waals surface area contributed by atoms with E-state index in [1.165, 1.54) is 12.1 Å². The van der Waals surface area contributed by atoms with Gasteiger partial charge in [0.05, 0.1) is 6.67 Å². The molecule has 3 heteroatoms. The number of hydrogen-bond acceptors (Lipinski definition) is 1. The van der Waals surface area contributed by atoms with Crippen molar-refractivity contribution in [1.82, 2.24) is 5.32 Å². The summed E-state index contributed by atoms with van der Waals surface area (Å²) in [5, 5.41) is 3.17. The van der Waals surface area contributed by atoms with Gasteiger partial charge in [-0.3, -0.25) is 4.39 Å². The first-order valence-corrected chi connectivity index (χ1v) is 5.26. The average molecular weight is 213 g/mol. The van der Waals surface area contributed by atoms with E-state index in [0.717, 1.165) is 12.1 Å². The maximum absolute atomic E-state index is 12.6. The van der Waals surface area contributed by atoms with E-state index >= 15 is 0 Å². The molecule has 84 valence electrons. The van der Waals surface area contributed by atoms with E-state index in [2.05, 4.69) is 12.2 Å². The maximum atomic E-state index is 12.6. The molecule has 1 rings (SSSR count). The van der Waals surface area contributed by atoms with Crippen LogP contribution in [0, 0.1) is 5.82 Å². The van der Waals surface area contributed by atoms with E-state index in [1.807, 2.05) is 0 Å². The molecule has 1 unspecified atom stereocenters. The highest BCUT2D eigenvalue weighted by Crippen LogP contribution is 2.14.